The Morgan fingerprint density at radius 1 is 0.575 bits per heavy atom. The number of thiophene rings is 1. The first kappa shape index (κ1) is 21.7. The van der Waals surface area contributed by atoms with Crippen molar-refractivity contribution in [2.24, 2.45) is 0 Å². The minimum atomic E-state index is 0.625. The number of rotatable bonds is 2. The highest BCUT2D eigenvalue weighted by molar-refractivity contribution is 7.27. The molecule has 0 atom stereocenters. The fraction of sp³-hybridized carbons (Fsp3) is 0. The highest BCUT2D eigenvalue weighted by Crippen LogP contribution is 2.46. The zero-order valence-corrected chi connectivity index (χ0v) is 21.9. The van der Waals surface area contributed by atoms with Gasteiger partial charge in [-0.05, 0) is 30.3 Å². The van der Waals surface area contributed by atoms with E-state index in [1.165, 1.54) is 20.2 Å². The van der Waals surface area contributed by atoms with Crippen molar-refractivity contribution in [2.75, 3.05) is 0 Å². The van der Waals surface area contributed by atoms with E-state index < -0.39 is 0 Å². The minimum absolute atomic E-state index is 0.625. The number of fused-ring (bicyclic) bond motifs is 11. The van der Waals surface area contributed by atoms with Crippen LogP contribution in [0.2, 0.25) is 0 Å². The Kier molecular flexibility index (Phi) is 4.42. The van der Waals surface area contributed by atoms with Gasteiger partial charge in [0.1, 0.15) is 0 Å². The zero-order chi connectivity index (χ0) is 26.2. The molecule has 0 N–H and O–H groups in total. The fourth-order valence-electron chi connectivity index (χ4n) is 6.03. The maximum Gasteiger partial charge on any atom is 0.235 e. The van der Waals surface area contributed by atoms with Crippen LogP contribution >= 0.6 is 11.3 Å². The third-order valence-electron chi connectivity index (χ3n) is 7.69. The zero-order valence-electron chi connectivity index (χ0n) is 21.1. The summed E-state index contributed by atoms with van der Waals surface area (Å²) in [5.74, 6) is 0.625. The number of para-hydroxylation sites is 1. The molecule has 0 amide bonds. The molecule has 5 nitrogen and oxygen atoms in total. The van der Waals surface area contributed by atoms with Gasteiger partial charge in [-0.1, -0.05) is 72.8 Å². The van der Waals surface area contributed by atoms with Gasteiger partial charge in [0.2, 0.25) is 5.95 Å². The third-order valence-corrected chi connectivity index (χ3v) is 8.87. The standard InChI is InChI=1S/C34H19N5S/c1-2-10-20(11-3-1)29-21-12-4-6-15-24(21)37-34(38-29)39-25-16-9-19-36-31(25)28-30-23(14-8-18-35-30)27-22-13-5-7-17-26(22)40-33(27)32(28)39/h1-19H. The number of pyridine rings is 2. The highest BCUT2D eigenvalue weighted by atomic mass is 32.1. The van der Waals surface area contributed by atoms with Gasteiger partial charge in [-0.25, -0.2) is 9.97 Å². The van der Waals surface area contributed by atoms with E-state index in [0.29, 0.717) is 5.95 Å². The molecule has 0 bridgehead atoms. The molecule has 0 radical (unpaired) electrons. The van der Waals surface area contributed by atoms with E-state index in [4.69, 9.17) is 19.9 Å². The van der Waals surface area contributed by atoms with Crippen molar-refractivity contribution in [3.8, 4) is 17.2 Å². The van der Waals surface area contributed by atoms with Crippen molar-refractivity contribution >= 4 is 75.3 Å². The molecule has 6 heteroatoms. The summed E-state index contributed by atoms with van der Waals surface area (Å²) in [4.78, 5) is 20.2. The first-order chi connectivity index (χ1) is 19.9. The van der Waals surface area contributed by atoms with Crippen LogP contribution in [0.5, 0.6) is 0 Å². The van der Waals surface area contributed by atoms with Gasteiger partial charge in [-0.3, -0.25) is 14.5 Å². The Labute approximate surface area is 232 Å². The van der Waals surface area contributed by atoms with Crippen molar-refractivity contribution in [3.63, 3.8) is 0 Å². The maximum absolute atomic E-state index is 5.26. The fourth-order valence-corrected chi connectivity index (χ4v) is 7.29. The van der Waals surface area contributed by atoms with Crippen LogP contribution in [0.4, 0.5) is 0 Å². The van der Waals surface area contributed by atoms with Crippen LogP contribution in [0.15, 0.2) is 116 Å². The smallest absolute Gasteiger partial charge is 0.235 e. The molecule has 0 unspecified atom stereocenters. The average Bonchev–Trinajstić information content (AvgIpc) is 3.58. The van der Waals surface area contributed by atoms with Gasteiger partial charge in [-0.15, -0.1) is 11.3 Å². The summed E-state index contributed by atoms with van der Waals surface area (Å²) in [6, 6.07) is 35.5. The lowest BCUT2D eigenvalue weighted by Crippen LogP contribution is -2.03. The minimum Gasteiger partial charge on any atom is -0.275 e. The van der Waals surface area contributed by atoms with Gasteiger partial charge in [0.15, 0.2) is 0 Å². The van der Waals surface area contributed by atoms with Gasteiger partial charge >= 0.3 is 0 Å². The quantitative estimate of drug-likeness (QED) is 0.225. The molecule has 0 aliphatic rings. The normalized spacial score (nSPS) is 12.0. The van der Waals surface area contributed by atoms with Crippen molar-refractivity contribution in [1.29, 1.82) is 0 Å². The summed E-state index contributed by atoms with van der Waals surface area (Å²) >= 11 is 1.80. The summed E-state index contributed by atoms with van der Waals surface area (Å²) in [7, 11) is 0. The van der Waals surface area contributed by atoms with Gasteiger partial charge in [-0.2, -0.15) is 0 Å². The third kappa shape index (κ3) is 2.91. The van der Waals surface area contributed by atoms with Crippen LogP contribution in [0.25, 0.3) is 81.1 Å². The number of aromatic nitrogens is 5. The van der Waals surface area contributed by atoms with E-state index >= 15 is 0 Å². The summed E-state index contributed by atoms with van der Waals surface area (Å²) in [5.41, 5.74) is 6.72. The van der Waals surface area contributed by atoms with Crippen LogP contribution < -0.4 is 0 Å². The molecule has 186 valence electrons. The molecule has 0 saturated heterocycles. The number of benzene rings is 4. The highest BCUT2D eigenvalue weighted by Gasteiger charge is 2.24. The molecule has 0 aliphatic heterocycles. The van der Waals surface area contributed by atoms with Gasteiger partial charge in [0.25, 0.3) is 0 Å². The van der Waals surface area contributed by atoms with E-state index in [1.54, 1.807) is 11.3 Å². The Bertz CT molecular complexity index is 2440. The molecule has 0 aliphatic carbocycles. The second-order valence-electron chi connectivity index (χ2n) is 9.89. The number of hydrogen-bond donors (Lipinski definition) is 0. The molecular formula is C34H19N5S. The van der Waals surface area contributed by atoms with E-state index in [9.17, 15) is 0 Å². The Morgan fingerprint density at radius 3 is 2.20 bits per heavy atom. The number of nitrogens with zero attached hydrogens (tertiary/aromatic N) is 5. The average molecular weight is 530 g/mol. The second kappa shape index (κ2) is 8.15. The molecule has 0 saturated carbocycles. The lowest BCUT2D eigenvalue weighted by molar-refractivity contribution is 1.02. The molecule has 0 fully saturated rings. The van der Waals surface area contributed by atoms with E-state index in [0.717, 1.165) is 55.0 Å². The Hall–Kier alpha value is -5.20. The van der Waals surface area contributed by atoms with Gasteiger partial charge < -0.3 is 0 Å². The van der Waals surface area contributed by atoms with E-state index in [1.807, 2.05) is 42.7 Å². The van der Waals surface area contributed by atoms with Crippen LogP contribution in [-0.2, 0) is 0 Å². The summed E-state index contributed by atoms with van der Waals surface area (Å²) in [5, 5.41) is 5.64. The van der Waals surface area contributed by atoms with Crippen LogP contribution in [0.3, 0.4) is 0 Å². The maximum atomic E-state index is 5.26. The van der Waals surface area contributed by atoms with Crippen LogP contribution in [-0.4, -0.2) is 24.5 Å². The molecule has 0 spiro atoms. The summed E-state index contributed by atoms with van der Waals surface area (Å²) in [6.45, 7) is 0. The van der Waals surface area contributed by atoms with Crippen LogP contribution in [0, 0.1) is 0 Å². The molecule has 5 heterocycles. The van der Waals surface area contributed by atoms with Crippen molar-refractivity contribution < 1.29 is 0 Å². The van der Waals surface area contributed by atoms with Crippen molar-refractivity contribution in [2.45, 2.75) is 0 Å². The van der Waals surface area contributed by atoms with Gasteiger partial charge in [0, 0.05) is 44.2 Å². The SMILES string of the molecule is c1ccc(-c2nc(-n3c4cccnc4c4c5ncccc5c5c6ccccc6sc5c43)nc3ccccc23)cc1. The van der Waals surface area contributed by atoms with Crippen molar-refractivity contribution in [1.82, 2.24) is 24.5 Å². The molecule has 5 aromatic heterocycles. The molecule has 9 rings (SSSR count). The summed E-state index contributed by atoms with van der Waals surface area (Å²) < 4.78 is 4.62. The topological polar surface area (TPSA) is 56.5 Å². The first-order valence-corrected chi connectivity index (χ1v) is 14.0. The molecule has 4 aromatic carbocycles. The van der Waals surface area contributed by atoms with Crippen molar-refractivity contribution in [3.05, 3.63) is 116 Å². The molecule has 9 aromatic rings. The van der Waals surface area contributed by atoms with Gasteiger partial charge in [0.05, 0.1) is 43.4 Å². The first-order valence-electron chi connectivity index (χ1n) is 13.2. The van der Waals surface area contributed by atoms with E-state index in [2.05, 4.69) is 77.4 Å². The largest absolute Gasteiger partial charge is 0.275 e. The lowest BCUT2D eigenvalue weighted by Gasteiger charge is -2.12. The van der Waals surface area contributed by atoms with E-state index in [-0.39, 0.29) is 0 Å². The second-order valence-corrected chi connectivity index (χ2v) is 10.9. The predicted molar refractivity (Wildman–Crippen MR) is 165 cm³/mol. The van der Waals surface area contributed by atoms with Crippen LogP contribution in [0.1, 0.15) is 0 Å². The Balaban J connectivity index is 1.54. The number of hydrogen-bond acceptors (Lipinski definition) is 5. The predicted octanol–water partition coefficient (Wildman–Crippen LogP) is 8.71. The monoisotopic (exact) mass is 529 g/mol. The Morgan fingerprint density at radius 2 is 1.30 bits per heavy atom. The molecule has 40 heavy (non-hydrogen) atoms. The molecular weight excluding hydrogens is 510 g/mol. The summed E-state index contributed by atoms with van der Waals surface area (Å²) in [6.07, 6.45) is 3.72. The lowest BCUT2D eigenvalue weighted by atomic mass is 10.0.